The summed E-state index contributed by atoms with van der Waals surface area (Å²) in [6, 6.07) is 5.75. The van der Waals surface area contributed by atoms with E-state index in [-0.39, 0.29) is 0 Å². The summed E-state index contributed by atoms with van der Waals surface area (Å²) in [6.45, 7) is 5.50. The fourth-order valence-corrected chi connectivity index (χ4v) is 1.48. The highest BCUT2D eigenvalue weighted by Gasteiger charge is 2.14. The van der Waals surface area contributed by atoms with Gasteiger partial charge in [-0.1, -0.05) is 26.0 Å². The van der Waals surface area contributed by atoms with Crippen LogP contribution in [-0.4, -0.2) is 16.6 Å². The van der Waals surface area contributed by atoms with Crippen molar-refractivity contribution in [3.8, 4) is 5.75 Å². The molecule has 0 aliphatic rings. The van der Waals surface area contributed by atoms with Gasteiger partial charge in [0.2, 0.25) is 0 Å². The quantitative estimate of drug-likeness (QED) is 0.628. The molecule has 96 valence electrons. The van der Waals surface area contributed by atoms with Gasteiger partial charge in [0.1, 0.15) is 5.75 Å². The summed E-state index contributed by atoms with van der Waals surface area (Å²) in [6.07, 6.45) is 0. The maximum atomic E-state index is 10.5. The third-order valence-electron chi connectivity index (χ3n) is 2.31. The van der Waals surface area contributed by atoms with Gasteiger partial charge in [-0.05, 0) is 30.0 Å². The molecule has 6 heteroatoms. The highest BCUT2D eigenvalue weighted by molar-refractivity contribution is 7.46. The van der Waals surface area contributed by atoms with Crippen LogP contribution in [0.2, 0.25) is 0 Å². The number of aryl methyl sites for hydroxylation is 1. The summed E-state index contributed by atoms with van der Waals surface area (Å²) in [5.74, 6) is 0.935. The predicted molar refractivity (Wildman–Crippen MR) is 63.9 cm³/mol. The number of benzene rings is 1. The molecule has 0 aliphatic heterocycles. The van der Waals surface area contributed by atoms with Crippen LogP contribution in [-0.2, 0) is 9.09 Å². The first-order chi connectivity index (χ1) is 7.79. The highest BCUT2D eigenvalue weighted by Crippen LogP contribution is 2.35. The van der Waals surface area contributed by atoms with E-state index in [1.54, 1.807) is 0 Å². The lowest BCUT2D eigenvalue weighted by Crippen LogP contribution is -2.03. The Hall–Kier alpha value is -0.870. The second-order valence-corrected chi connectivity index (χ2v) is 5.30. The minimum atomic E-state index is -4.47. The van der Waals surface area contributed by atoms with E-state index in [1.165, 1.54) is 0 Å². The number of hydrogen-bond donors (Lipinski definition) is 2. The first-order valence-corrected chi connectivity index (χ1v) is 6.76. The molecule has 0 saturated heterocycles. The lowest BCUT2D eigenvalue weighted by atomic mass is 10.0. The van der Waals surface area contributed by atoms with Crippen molar-refractivity contribution < 1.29 is 23.6 Å². The van der Waals surface area contributed by atoms with Gasteiger partial charge in [-0.15, -0.1) is 0 Å². The first-order valence-electron chi connectivity index (χ1n) is 5.23. The Morgan fingerprint density at radius 2 is 2.00 bits per heavy atom. The number of hydrogen-bond acceptors (Lipinski definition) is 3. The molecule has 17 heavy (non-hydrogen) atoms. The topological polar surface area (TPSA) is 76.0 Å². The van der Waals surface area contributed by atoms with Crippen LogP contribution in [0.3, 0.4) is 0 Å². The van der Waals surface area contributed by atoms with Gasteiger partial charge in [0, 0.05) is 0 Å². The zero-order valence-electron chi connectivity index (χ0n) is 10.1. The molecular weight excluding hydrogens is 243 g/mol. The van der Waals surface area contributed by atoms with Crippen LogP contribution in [0.5, 0.6) is 5.75 Å². The van der Waals surface area contributed by atoms with E-state index in [4.69, 9.17) is 14.5 Å². The van der Waals surface area contributed by atoms with E-state index in [1.807, 2.05) is 25.1 Å². The largest absolute Gasteiger partial charge is 0.472 e. The highest BCUT2D eigenvalue weighted by atomic mass is 31.2. The fourth-order valence-electron chi connectivity index (χ4n) is 1.29. The summed E-state index contributed by atoms with van der Waals surface area (Å²) in [5.41, 5.74) is 1.99. The SMILES string of the molecule is Cc1ccc(C(C)C)cc1OCOP(=O)(O)O. The summed E-state index contributed by atoms with van der Waals surface area (Å²) in [7, 11) is -4.47. The molecule has 0 amide bonds. The molecule has 1 rings (SSSR count). The maximum absolute atomic E-state index is 10.5. The second-order valence-electron chi connectivity index (χ2n) is 4.06. The summed E-state index contributed by atoms with van der Waals surface area (Å²) in [4.78, 5) is 17.0. The zero-order chi connectivity index (χ0) is 13.1. The standard InChI is InChI=1S/C11H17O5P/c1-8(2)10-5-4-9(3)11(6-10)15-7-16-17(12,13)14/h4-6,8H,7H2,1-3H3,(H2,12,13,14). The van der Waals surface area contributed by atoms with Crippen molar-refractivity contribution in [3.05, 3.63) is 29.3 Å². The molecule has 0 saturated carbocycles. The Bertz CT molecular complexity index is 424. The van der Waals surface area contributed by atoms with E-state index in [0.717, 1.165) is 11.1 Å². The fraction of sp³-hybridized carbons (Fsp3) is 0.455. The van der Waals surface area contributed by atoms with Gasteiger partial charge in [-0.3, -0.25) is 0 Å². The van der Waals surface area contributed by atoms with Gasteiger partial charge in [-0.25, -0.2) is 9.09 Å². The van der Waals surface area contributed by atoms with Crippen LogP contribution in [0, 0.1) is 6.92 Å². The van der Waals surface area contributed by atoms with E-state index in [2.05, 4.69) is 18.4 Å². The molecular formula is C11H17O5P. The smallest absolute Gasteiger partial charge is 0.467 e. The van der Waals surface area contributed by atoms with Crippen molar-refractivity contribution in [2.75, 3.05) is 6.79 Å². The molecule has 0 bridgehead atoms. The average molecular weight is 260 g/mol. The maximum Gasteiger partial charge on any atom is 0.472 e. The van der Waals surface area contributed by atoms with Crippen molar-refractivity contribution in [2.45, 2.75) is 26.7 Å². The van der Waals surface area contributed by atoms with Crippen LogP contribution in [0.15, 0.2) is 18.2 Å². The van der Waals surface area contributed by atoms with E-state index < -0.39 is 14.6 Å². The molecule has 0 unspecified atom stereocenters. The van der Waals surface area contributed by atoms with Gasteiger partial charge in [0.15, 0.2) is 6.79 Å². The average Bonchev–Trinajstić information content (AvgIpc) is 2.18. The molecule has 2 N–H and O–H groups in total. The molecule has 0 heterocycles. The minimum Gasteiger partial charge on any atom is -0.467 e. The van der Waals surface area contributed by atoms with E-state index in [0.29, 0.717) is 11.7 Å². The van der Waals surface area contributed by atoms with Gasteiger partial charge in [0.25, 0.3) is 0 Å². The Morgan fingerprint density at radius 3 is 2.53 bits per heavy atom. The molecule has 0 aliphatic carbocycles. The molecule has 0 spiro atoms. The van der Waals surface area contributed by atoms with Crippen LogP contribution in [0.1, 0.15) is 30.9 Å². The molecule has 1 aromatic carbocycles. The Labute approximate surface area is 101 Å². The summed E-state index contributed by atoms with van der Waals surface area (Å²) < 4.78 is 19.9. The van der Waals surface area contributed by atoms with Crippen LogP contribution < -0.4 is 4.74 Å². The number of ether oxygens (including phenoxy) is 1. The molecule has 1 aromatic rings. The lowest BCUT2D eigenvalue weighted by molar-refractivity contribution is 0.0823. The van der Waals surface area contributed by atoms with Crippen molar-refractivity contribution in [1.82, 2.24) is 0 Å². The Kier molecular flexibility index (Phi) is 4.71. The second kappa shape index (κ2) is 5.65. The van der Waals surface area contributed by atoms with Crippen LogP contribution >= 0.6 is 7.82 Å². The van der Waals surface area contributed by atoms with E-state index >= 15 is 0 Å². The Morgan fingerprint density at radius 1 is 1.35 bits per heavy atom. The van der Waals surface area contributed by atoms with Crippen molar-refractivity contribution in [3.63, 3.8) is 0 Å². The predicted octanol–water partition coefficient (Wildman–Crippen LogP) is 2.56. The third kappa shape index (κ3) is 4.88. The van der Waals surface area contributed by atoms with Crippen molar-refractivity contribution in [2.24, 2.45) is 0 Å². The Balaban J connectivity index is 2.70. The monoisotopic (exact) mass is 260 g/mol. The zero-order valence-corrected chi connectivity index (χ0v) is 11.0. The van der Waals surface area contributed by atoms with Crippen LogP contribution in [0.25, 0.3) is 0 Å². The molecule has 5 nitrogen and oxygen atoms in total. The normalized spacial score (nSPS) is 11.9. The van der Waals surface area contributed by atoms with Crippen molar-refractivity contribution in [1.29, 1.82) is 0 Å². The summed E-state index contributed by atoms with van der Waals surface area (Å²) in [5, 5.41) is 0. The van der Waals surface area contributed by atoms with Gasteiger partial charge in [0.05, 0.1) is 0 Å². The van der Waals surface area contributed by atoms with Crippen LogP contribution in [0.4, 0.5) is 0 Å². The molecule has 0 fully saturated rings. The molecule has 0 aromatic heterocycles. The molecule has 0 atom stereocenters. The number of phosphoric ester groups is 1. The first kappa shape index (κ1) is 14.2. The van der Waals surface area contributed by atoms with Gasteiger partial charge >= 0.3 is 7.82 Å². The number of phosphoric acid groups is 1. The third-order valence-corrected chi connectivity index (χ3v) is 2.76. The number of rotatable bonds is 5. The van der Waals surface area contributed by atoms with E-state index in [9.17, 15) is 4.57 Å². The van der Waals surface area contributed by atoms with Crippen molar-refractivity contribution >= 4 is 7.82 Å². The minimum absolute atomic E-state index is 0.362. The van der Waals surface area contributed by atoms with Gasteiger partial charge in [-0.2, -0.15) is 0 Å². The molecule has 0 radical (unpaired) electrons. The lowest BCUT2D eigenvalue weighted by Gasteiger charge is -2.13. The summed E-state index contributed by atoms with van der Waals surface area (Å²) >= 11 is 0. The van der Waals surface area contributed by atoms with Gasteiger partial charge < -0.3 is 14.5 Å².